The second-order valence-electron chi connectivity index (χ2n) is 2.93. The van der Waals surface area contributed by atoms with Crippen LogP contribution in [0.15, 0.2) is 0 Å². The molecule has 0 aromatic rings. The van der Waals surface area contributed by atoms with Crippen molar-refractivity contribution in [2.45, 2.75) is 12.5 Å². The van der Waals surface area contributed by atoms with Crippen molar-refractivity contribution in [2.75, 3.05) is 27.4 Å². The van der Waals surface area contributed by atoms with Crippen LogP contribution in [0.25, 0.3) is 0 Å². The lowest BCUT2D eigenvalue weighted by molar-refractivity contribution is -0.158. The number of amides is 1. The number of esters is 1. The first-order valence-electron chi connectivity index (χ1n) is 4.09. The number of hydrogen-bond donors (Lipinski definition) is 0. The normalized spacial score (nSPS) is 21.2. The highest BCUT2D eigenvalue weighted by atomic mass is 16.5. The van der Waals surface area contributed by atoms with Gasteiger partial charge in [-0.1, -0.05) is 0 Å². The predicted octanol–water partition coefficient (Wildman–Crippen LogP) is -0.593. The van der Waals surface area contributed by atoms with Gasteiger partial charge in [-0.25, -0.2) is 4.79 Å². The number of likely N-dealkylation sites (N-methyl/N-ethyl adjacent to an activating group) is 1. The minimum absolute atomic E-state index is 0.00611. The fraction of sp³-hybridized carbons (Fsp3) is 0.750. The van der Waals surface area contributed by atoms with E-state index in [1.807, 2.05) is 0 Å². The van der Waals surface area contributed by atoms with Gasteiger partial charge in [0.1, 0.15) is 0 Å². The highest BCUT2D eigenvalue weighted by molar-refractivity contribution is 6.32. The van der Waals surface area contributed by atoms with Crippen LogP contribution in [0.3, 0.4) is 0 Å². The van der Waals surface area contributed by atoms with Crippen molar-refractivity contribution < 1.29 is 19.1 Å². The van der Waals surface area contributed by atoms with Crippen LogP contribution in [0.2, 0.25) is 0 Å². The summed E-state index contributed by atoms with van der Waals surface area (Å²) in [4.78, 5) is 23.5. The summed E-state index contributed by atoms with van der Waals surface area (Å²) in [7, 11) is 2.78. The zero-order valence-electron chi connectivity index (χ0n) is 7.78. The molecule has 1 unspecified atom stereocenters. The molecule has 0 bridgehead atoms. The summed E-state index contributed by atoms with van der Waals surface area (Å²) in [6, 6.07) is 0.00611. The Kier molecular flexibility index (Phi) is 3.25. The van der Waals surface area contributed by atoms with Gasteiger partial charge in [-0.05, 0) is 6.42 Å². The molecule has 74 valence electrons. The number of hydrogen-bond acceptors (Lipinski definition) is 4. The van der Waals surface area contributed by atoms with Gasteiger partial charge in [-0.15, -0.1) is 0 Å². The molecular weight excluding hydrogens is 174 g/mol. The molecule has 0 aromatic heterocycles. The molecule has 5 heteroatoms. The number of methoxy groups -OCH3 is 1. The highest BCUT2D eigenvalue weighted by Gasteiger charge is 2.28. The van der Waals surface area contributed by atoms with Crippen molar-refractivity contribution in [3.05, 3.63) is 0 Å². The maximum absolute atomic E-state index is 11.3. The summed E-state index contributed by atoms with van der Waals surface area (Å²) in [6.07, 6.45) is 0.777. The Hall–Kier alpha value is -1.10. The molecule has 0 spiro atoms. The second-order valence-corrected chi connectivity index (χ2v) is 2.93. The molecule has 1 amide bonds. The fourth-order valence-corrected chi connectivity index (χ4v) is 1.22. The van der Waals surface area contributed by atoms with E-state index in [1.165, 1.54) is 12.0 Å². The van der Waals surface area contributed by atoms with E-state index in [2.05, 4.69) is 4.74 Å². The van der Waals surface area contributed by atoms with Crippen LogP contribution in [0.5, 0.6) is 0 Å². The lowest BCUT2D eigenvalue weighted by atomic mass is 10.2. The molecule has 0 saturated carbocycles. The topological polar surface area (TPSA) is 55.8 Å². The molecule has 1 heterocycles. The Bertz CT molecular complexity index is 210. The molecule has 1 fully saturated rings. The monoisotopic (exact) mass is 187 g/mol. The van der Waals surface area contributed by atoms with Crippen molar-refractivity contribution in [3.63, 3.8) is 0 Å². The van der Waals surface area contributed by atoms with E-state index in [0.717, 1.165) is 6.42 Å². The Morgan fingerprint density at radius 1 is 1.54 bits per heavy atom. The van der Waals surface area contributed by atoms with Gasteiger partial charge >= 0.3 is 11.9 Å². The van der Waals surface area contributed by atoms with Crippen LogP contribution in [0.1, 0.15) is 6.42 Å². The van der Waals surface area contributed by atoms with E-state index in [1.54, 1.807) is 7.05 Å². The summed E-state index contributed by atoms with van der Waals surface area (Å²) in [5, 5.41) is 0. The first-order chi connectivity index (χ1) is 6.16. The number of nitrogens with zero attached hydrogens (tertiary/aromatic N) is 1. The van der Waals surface area contributed by atoms with E-state index in [0.29, 0.717) is 13.2 Å². The first kappa shape index (κ1) is 9.98. The molecule has 1 saturated heterocycles. The van der Waals surface area contributed by atoms with Crippen molar-refractivity contribution in [2.24, 2.45) is 0 Å². The third kappa shape index (κ3) is 2.18. The Labute approximate surface area is 76.6 Å². The van der Waals surface area contributed by atoms with Gasteiger partial charge < -0.3 is 14.4 Å². The van der Waals surface area contributed by atoms with Crippen LogP contribution in [-0.4, -0.2) is 50.2 Å². The van der Waals surface area contributed by atoms with E-state index in [4.69, 9.17) is 4.74 Å². The maximum atomic E-state index is 11.3. The van der Waals surface area contributed by atoms with Crippen LogP contribution in [0.4, 0.5) is 0 Å². The molecule has 1 rings (SSSR count). The highest BCUT2D eigenvalue weighted by Crippen LogP contribution is 2.10. The van der Waals surface area contributed by atoms with Crippen LogP contribution < -0.4 is 0 Å². The fourth-order valence-electron chi connectivity index (χ4n) is 1.22. The smallest absolute Gasteiger partial charge is 0.396 e. The van der Waals surface area contributed by atoms with Gasteiger partial charge in [-0.3, -0.25) is 4.79 Å². The second kappa shape index (κ2) is 4.23. The van der Waals surface area contributed by atoms with Crippen molar-refractivity contribution in [3.8, 4) is 0 Å². The minimum Gasteiger partial charge on any atom is -0.462 e. The summed E-state index contributed by atoms with van der Waals surface area (Å²) >= 11 is 0. The van der Waals surface area contributed by atoms with Gasteiger partial charge in [-0.2, -0.15) is 0 Å². The molecule has 13 heavy (non-hydrogen) atoms. The average molecular weight is 187 g/mol. The quantitative estimate of drug-likeness (QED) is 0.406. The van der Waals surface area contributed by atoms with Crippen molar-refractivity contribution in [1.29, 1.82) is 0 Å². The predicted molar refractivity (Wildman–Crippen MR) is 44.0 cm³/mol. The van der Waals surface area contributed by atoms with Crippen LogP contribution in [-0.2, 0) is 19.1 Å². The Morgan fingerprint density at radius 3 is 2.69 bits per heavy atom. The van der Waals surface area contributed by atoms with Gasteiger partial charge in [0, 0.05) is 13.7 Å². The van der Waals surface area contributed by atoms with Crippen LogP contribution in [0, 0.1) is 0 Å². The van der Waals surface area contributed by atoms with Crippen molar-refractivity contribution in [1.82, 2.24) is 4.90 Å². The zero-order valence-corrected chi connectivity index (χ0v) is 7.78. The molecule has 1 aliphatic heterocycles. The first-order valence-corrected chi connectivity index (χ1v) is 4.09. The number of ether oxygens (including phenoxy) is 2. The average Bonchev–Trinajstić information content (AvgIpc) is 2.67. The van der Waals surface area contributed by atoms with Gasteiger partial charge in [0.2, 0.25) is 0 Å². The summed E-state index contributed by atoms with van der Waals surface area (Å²) < 4.78 is 9.42. The van der Waals surface area contributed by atoms with E-state index in [9.17, 15) is 9.59 Å². The molecule has 0 radical (unpaired) electrons. The molecule has 0 N–H and O–H groups in total. The number of carbonyl (C=O) groups is 2. The van der Waals surface area contributed by atoms with Crippen LogP contribution >= 0.6 is 0 Å². The van der Waals surface area contributed by atoms with Gasteiger partial charge in [0.15, 0.2) is 0 Å². The standard InChI is InChI=1S/C8H13NO4/c1-9(6-3-4-13-5-6)7(10)8(11)12-2/h6H,3-5H2,1-2H3. The van der Waals surface area contributed by atoms with Crippen molar-refractivity contribution >= 4 is 11.9 Å². The molecule has 0 aromatic carbocycles. The summed E-state index contributed by atoms with van der Waals surface area (Å²) in [5.41, 5.74) is 0. The summed E-state index contributed by atoms with van der Waals surface area (Å²) in [6.45, 7) is 1.14. The molecule has 1 aliphatic rings. The Balaban J connectivity index is 2.50. The third-order valence-corrected chi connectivity index (χ3v) is 2.13. The number of rotatable bonds is 1. The maximum Gasteiger partial charge on any atom is 0.396 e. The van der Waals surface area contributed by atoms with E-state index < -0.39 is 11.9 Å². The molecule has 5 nitrogen and oxygen atoms in total. The van der Waals surface area contributed by atoms with Gasteiger partial charge in [0.25, 0.3) is 0 Å². The lowest BCUT2D eigenvalue weighted by Gasteiger charge is -2.21. The third-order valence-electron chi connectivity index (χ3n) is 2.13. The van der Waals surface area contributed by atoms with Gasteiger partial charge in [0.05, 0.1) is 19.8 Å². The SMILES string of the molecule is COC(=O)C(=O)N(C)C1CCOC1. The zero-order chi connectivity index (χ0) is 9.84. The Morgan fingerprint density at radius 2 is 2.23 bits per heavy atom. The lowest BCUT2D eigenvalue weighted by Crippen LogP contribution is -2.41. The van der Waals surface area contributed by atoms with E-state index >= 15 is 0 Å². The van der Waals surface area contributed by atoms with E-state index in [-0.39, 0.29) is 6.04 Å². The summed E-state index contributed by atoms with van der Waals surface area (Å²) in [5.74, 6) is -1.44. The molecular formula is C8H13NO4. The number of carbonyl (C=O) groups excluding carboxylic acids is 2. The molecule has 0 aliphatic carbocycles. The minimum atomic E-state index is -0.825. The largest absolute Gasteiger partial charge is 0.462 e. The molecule has 1 atom stereocenters.